The molecule has 34 heavy (non-hydrogen) atoms. The zero-order valence-corrected chi connectivity index (χ0v) is 18.6. The summed E-state index contributed by atoms with van der Waals surface area (Å²) in [5.74, 6) is 0.966. The summed E-state index contributed by atoms with van der Waals surface area (Å²) in [6.45, 7) is 5.48. The molecule has 176 valence electrons. The third kappa shape index (κ3) is 4.66. The molecule has 3 aromatic heterocycles. The number of anilines is 6. The van der Waals surface area contributed by atoms with Crippen LogP contribution in [0.3, 0.4) is 0 Å². The second-order valence-corrected chi connectivity index (χ2v) is 8.07. The zero-order chi connectivity index (χ0) is 23.7. The fourth-order valence-corrected chi connectivity index (χ4v) is 3.65. The van der Waals surface area contributed by atoms with Gasteiger partial charge in [0.15, 0.2) is 29.8 Å². The van der Waals surface area contributed by atoms with Gasteiger partial charge in [-0.05, 0) is 38.1 Å². The highest BCUT2D eigenvalue weighted by molar-refractivity contribution is 5.94. The van der Waals surface area contributed by atoms with Gasteiger partial charge in [0.1, 0.15) is 11.6 Å². The highest BCUT2D eigenvalue weighted by Crippen LogP contribution is 2.28. The predicted octanol–water partition coefficient (Wildman–Crippen LogP) is 2.84. The van der Waals surface area contributed by atoms with E-state index in [0.29, 0.717) is 18.0 Å². The van der Waals surface area contributed by atoms with Crippen LogP contribution in [0.1, 0.15) is 13.8 Å². The van der Waals surface area contributed by atoms with E-state index in [-0.39, 0.29) is 48.1 Å². The van der Waals surface area contributed by atoms with Crippen LogP contribution in [0.15, 0.2) is 36.7 Å². The highest BCUT2D eigenvalue weighted by atomic mass is 19.1. The third-order valence-electron chi connectivity index (χ3n) is 5.37. The van der Waals surface area contributed by atoms with Crippen LogP contribution >= 0.6 is 0 Å². The van der Waals surface area contributed by atoms with Crippen molar-refractivity contribution >= 4 is 40.8 Å². The van der Waals surface area contributed by atoms with Gasteiger partial charge in [0, 0.05) is 6.54 Å². The summed E-state index contributed by atoms with van der Waals surface area (Å²) in [7, 11) is 0. The number of fused-ring (bicyclic) bond motifs is 1. The maximum atomic E-state index is 14.4. The lowest BCUT2D eigenvalue weighted by atomic mass is 10.2. The summed E-state index contributed by atoms with van der Waals surface area (Å²) in [6, 6.07) is 7.23. The first-order chi connectivity index (χ1) is 16.4. The van der Waals surface area contributed by atoms with E-state index in [9.17, 15) is 9.18 Å². The Kier molecular flexibility index (Phi) is 5.80. The molecule has 1 fully saturated rings. The molecule has 2 aliphatic heterocycles. The second kappa shape index (κ2) is 9.06. The molecule has 0 saturated carbocycles. The number of rotatable bonds is 5. The van der Waals surface area contributed by atoms with Crippen LogP contribution < -0.4 is 25.6 Å². The number of carbonyl (C=O) groups is 1. The van der Waals surface area contributed by atoms with Crippen LogP contribution in [-0.4, -0.2) is 57.7 Å². The Balaban J connectivity index is 1.29. The molecular weight excluding hydrogens is 443 g/mol. The molecule has 2 atom stereocenters. The lowest BCUT2D eigenvalue weighted by molar-refractivity contribution is -0.118. The molecule has 1 amide bonds. The Morgan fingerprint density at radius 3 is 2.82 bits per heavy atom. The number of nitrogens with zero attached hydrogens (tertiary/aromatic N) is 5. The Bertz CT molecular complexity index is 1210. The van der Waals surface area contributed by atoms with Gasteiger partial charge >= 0.3 is 0 Å². The van der Waals surface area contributed by atoms with E-state index in [2.05, 4.69) is 47.7 Å². The standard InChI is InChI=1S/C22H23FN8O3/c1-12-10-33-13(2)9-31(12)18-6-3-14(7-24-18)26-22-25-8-15(23)20(30-22)27-17-5-4-16-21(28-17)29-19(32)11-34-16/h3-8,12-13H,9-11H2,1-2H3,(H3,25,26,27,28,29,30,32). The molecule has 3 N–H and O–H groups in total. The van der Waals surface area contributed by atoms with Crippen molar-refractivity contribution in [1.29, 1.82) is 0 Å². The Morgan fingerprint density at radius 2 is 2.00 bits per heavy atom. The molecule has 2 aliphatic rings. The van der Waals surface area contributed by atoms with Crippen LogP contribution in [0.5, 0.6) is 5.75 Å². The molecule has 0 aliphatic carbocycles. The number of hydrogen-bond acceptors (Lipinski definition) is 10. The molecule has 5 rings (SSSR count). The van der Waals surface area contributed by atoms with Crippen LogP contribution in [0.2, 0.25) is 0 Å². The number of aromatic nitrogens is 4. The molecule has 0 radical (unpaired) electrons. The summed E-state index contributed by atoms with van der Waals surface area (Å²) in [5, 5.41) is 8.44. The van der Waals surface area contributed by atoms with E-state index in [0.717, 1.165) is 18.6 Å². The minimum atomic E-state index is -0.658. The van der Waals surface area contributed by atoms with Crippen molar-refractivity contribution in [2.45, 2.75) is 26.0 Å². The van der Waals surface area contributed by atoms with E-state index < -0.39 is 5.82 Å². The predicted molar refractivity (Wildman–Crippen MR) is 123 cm³/mol. The lowest BCUT2D eigenvalue weighted by Crippen LogP contribution is -2.47. The average Bonchev–Trinajstić information content (AvgIpc) is 2.83. The number of hydrogen-bond donors (Lipinski definition) is 3. The van der Waals surface area contributed by atoms with E-state index in [4.69, 9.17) is 9.47 Å². The minimum Gasteiger partial charge on any atom is -0.480 e. The molecule has 11 nitrogen and oxygen atoms in total. The fraction of sp³-hybridized carbons (Fsp3) is 0.318. The normalized spacial score (nSPS) is 19.6. The van der Waals surface area contributed by atoms with Crippen molar-refractivity contribution in [2.75, 3.05) is 40.6 Å². The number of halogens is 1. The van der Waals surface area contributed by atoms with E-state index in [1.54, 1.807) is 18.3 Å². The van der Waals surface area contributed by atoms with Crippen molar-refractivity contribution in [3.63, 3.8) is 0 Å². The molecule has 5 heterocycles. The van der Waals surface area contributed by atoms with Crippen molar-refractivity contribution in [3.05, 3.63) is 42.5 Å². The number of amides is 1. The Morgan fingerprint density at radius 1 is 1.12 bits per heavy atom. The number of nitrogens with one attached hydrogen (secondary N) is 3. The molecule has 0 spiro atoms. The van der Waals surface area contributed by atoms with Gasteiger partial charge in [-0.15, -0.1) is 0 Å². The quantitative estimate of drug-likeness (QED) is 0.517. The lowest BCUT2D eigenvalue weighted by Gasteiger charge is -2.37. The smallest absolute Gasteiger partial charge is 0.263 e. The van der Waals surface area contributed by atoms with E-state index >= 15 is 0 Å². The van der Waals surface area contributed by atoms with Crippen molar-refractivity contribution in [1.82, 2.24) is 19.9 Å². The van der Waals surface area contributed by atoms with Gasteiger partial charge in [-0.2, -0.15) is 4.98 Å². The SMILES string of the molecule is CC1CN(c2ccc(Nc3ncc(F)c(Nc4ccc5c(n4)NC(=O)CO5)n3)cn2)C(C)CO1. The molecule has 2 unspecified atom stereocenters. The topological polar surface area (TPSA) is 126 Å². The van der Waals surface area contributed by atoms with Gasteiger partial charge in [-0.1, -0.05) is 0 Å². The monoisotopic (exact) mass is 466 g/mol. The maximum Gasteiger partial charge on any atom is 0.263 e. The number of ether oxygens (including phenoxy) is 2. The fourth-order valence-electron chi connectivity index (χ4n) is 3.65. The first-order valence-electron chi connectivity index (χ1n) is 10.8. The summed E-state index contributed by atoms with van der Waals surface area (Å²) in [5.41, 5.74) is 0.655. The van der Waals surface area contributed by atoms with Crippen molar-refractivity contribution in [2.24, 2.45) is 0 Å². The first-order valence-corrected chi connectivity index (χ1v) is 10.8. The average molecular weight is 466 g/mol. The third-order valence-corrected chi connectivity index (χ3v) is 5.37. The molecule has 3 aromatic rings. The van der Waals surface area contributed by atoms with Gasteiger partial charge in [-0.25, -0.2) is 19.3 Å². The zero-order valence-electron chi connectivity index (χ0n) is 18.6. The number of carbonyl (C=O) groups excluding carboxylic acids is 1. The molecule has 12 heteroatoms. The van der Waals surface area contributed by atoms with Crippen LogP contribution in [0, 0.1) is 5.82 Å². The van der Waals surface area contributed by atoms with Crippen molar-refractivity contribution in [3.8, 4) is 5.75 Å². The largest absolute Gasteiger partial charge is 0.480 e. The number of pyridine rings is 2. The van der Waals surface area contributed by atoms with Gasteiger partial charge in [0.05, 0.1) is 36.8 Å². The maximum absolute atomic E-state index is 14.4. The van der Waals surface area contributed by atoms with Gasteiger partial charge in [0.25, 0.3) is 5.91 Å². The second-order valence-electron chi connectivity index (χ2n) is 8.07. The van der Waals surface area contributed by atoms with Gasteiger partial charge in [0.2, 0.25) is 5.95 Å². The van der Waals surface area contributed by atoms with Crippen molar-refractivity contribution < 1.29 is 18.7 Å². The van der Waals surface area contributed by atoms with Gasteiger partial charge in [-0.3, -0.25) is 4.79 Å². The first kappa shape index (κ1) is 21.8. The summed E-state index contributed by atoms with van der Waals surface area (Å²) in [4.78, 5) is 30.7. The Labute approximate surface area is 194 Å². The van der Waals surface area contributed by atoms with Crippen LogP contribution in [0.25, 0.3) is 0 Å². The van der Waals surface area contributed by atoms with Gasteiger partial charge < -0.3 is 30.3 Å². The van der Waals surface area contributed by atoms with E-state index in [1.807, 2.05) is 19.1 Å². The molecule has 1 saturated heterocycles. The molecule has 0 bridgehead atoms. The van der Waals surface area contributed by atoms with Crippen LogP contribution in [0.4, 0.5) is 39.3 Å². The molecular formula is C22H23FN8O3. The summed E-state index contributed by atoms with van der Waals surface area (Å²) in [6.07, 6.45) is 2.87. The minimum absolute atomic E-state index is 0.0720. The highest BCUT2D eigenvalue weighted by Gasteiger charge is 2.24. The molecule has 0 aromatic carbocycles. The Hall–Kier alpha value is -4.06. The number of morpholine rings is 1. The van der Waals surface area contributed by atoms with E-state index in [1.165, 1.54) is 0 Å². The van der Waals surface area contributed by atoms with Crippen LogP contribution in [-0.2, 0) is 9.53 Å². The summed E-state index contributed by atoms with van der Waals surface area (Å²) < 4.78 is 25.3. The summed E-state index contributed by atoms with van der Waals surface area (Å²) >= 11 is 0.